The number of piperazine rings is 1. The number of benzene rings is 3. The fourth-order valence-electron chi connectivity index (χ4n) is 6.15. The van der Waals surface area contributed by atoms with Crippen molar-refractivity contribution in [2.45, 2.75) is 32.4 Å². The standard InChI is InChI=1S/C34H43FN4O3/c1-5-37-17-19-38(20-18-37)31-12-7-11-28-29(31)24-39(34(28)40)30(26-14-15-32(41-3)33(22-26)42-4)13-8-16-36(2)23-25-9-6-10-27(35)21-25/h6-7,9-12,14-15,21-22,24,30,40H,5,8,13,16-20,23H2,1-4H3/t30-/m1/s1. The number of fused-ring (bicyclic) bond motifs is 1. The molecule has 0 unspecified atom stereocenters. The summed E-state index contributed by atoms with van der Waals surface area (Å²) < 4.78 is 26.9. The van der Waals surface area contributed by atoms with Gasteiger partial charge in [-0.2, -0.15) is 0 Å². The summed E-state index contributed by atoms with van der Waals surface area (Å²) in [5, 5.41) is 13.5. The Morgan fingerprint density at radius 3 is 2.40 bits per heavy atom. The van der Waals surface area contributed by atoms with Gasteiger partial charge in [0.15, 0.2) is 17.4 Å². The third-order valence-electron chi connectivity index (χ3n) is 8.48. The van der Waals surface area contributed by atoms with Crippen molar-refractivity contribution in [2.24, 2.45) is 0 Å². The Morgan fingerprint density at radius 2 is 1.69 bits per heavy atom. The molecule has 1 N–H and O–H groups in total. The van der Waals surface area contributed by atoms with Crippen molar-refractivity contribution in [3.05, 3.63) is 83.8 Å². The van der Waals surface area contributed by atoms with Crippen LogP contribution in [0.5, 0.6) is 17.4 Å². The summed E-state index contributed by atoms with van der Waals surface area (Å²) in [6.45, 7) is 8.79. The second kappa shape index (κ2) is 13.5. The Hall–Kier alpha value is -3.75. The first-order chi connectivity index (χ1) is 20.4. The molecule has 8 heteroatoms. The Balaban J connectivity index is 1.44. The highest BCUT2D eigenvalue weighted by atomic mass is 19.1. The number of rotatable bonds is 12. The number of hydrogen-bond donors (Lipinski definition) is 1. The van der Waals surface area contributed by atoms with Gasteiger partial charge in [-0.3, -0.25) is 0 Å². The van der Waals surface area contributed by atoms with Crippen LogP contribution in [0.15, 0.2) is 66.9 Å². The molecule has 4 aromatic rings. The van der Waals surface area contributed by atoms with Gasteiger partial charge in [-0.15, -0.1) is 0 Å². The van der Waals surface area contributed by atoms with Crippen LogP contribution in [0.1, 0.15) is 36.9 Å². The van der Waals surface area contributed by atoms with Crippen LogP contribution in [0, 0.1) is 5.82 Å². The molecule has 0 saturated carbocycles. The molecule has 0 aliphatic carbocycles. The molecule has 0 bridgehead atoms. The zero-order valence-electron chi connectivity index (χ0n) is 25.2. The lowest BCUT2D eigenvalue weighted by Crippen LogP contribution is -2.46. The lowest BCUT2D eigenvalue weighted by Gasteiger charge is -2.35. The summed E-state index contributed by atoms with van der Waals surface area (Å²) in [5.41, 5.74) is 3.16. The molecule has 1 atom stereocenters. The number of anilines is 1. The van der Waals surface area contributed by atoms with Crippen molar-refractivity contribution in [1.82, 2.24) is 14.4 Å². The maximum atomic E-state index is 13.7. The van der Waals surface area contributed by atoms with Gasteiger partial charge in [0, 0.05) is 55.4 Å². The summed E-state index contributed by atoms with van der Waals surface area (Å²) in [6, 6.07) is 18.9. The van der Waals surface area contributed by atoms with Gasteiger partial charge in [0.1, 0.15) is 5.82 Å². The average Bonchev–Trinajstić information content (AvgIpc) is 3.35. The number of hydrogen-bond acceptors (Lipinski definition) is 6. The van der Waals surface area contributed by atoms with E-state index < -0.39 is 0 Å². The molecule has 1 saturated heterocycles. The maximum Gasteiger partial charge on any atom is 0.199 e. The highest BCUT2D eigenvalue weighted by molar-refractivity contribution is 5.98. The van der Waals surface area contributed by atoms with E-state index in [0.29, 0.717) is 18.0 Å². The molecule has 1 aliphatic rings. The van der Waals surface area contributed by atoms with Crippen molar-refractivity contribution in [1.29, 1.82) is 0 Å². The van der Waals surface area contributed by atoms with Crippen LogP contribution in [0.25, 0.3) is 10.8 Å². The first kappa shape index (κ1) is 29.7. The van der Waals surface area contributed by atoms with Gasteiger partial charge in [0.25, 0.3) is 0 Å². The first-order valence-electron chi connectivity index (χ1n) is 14.9. The molecule has 42 heavy (non-hydrogen) atoms. The largest absolute Gasteiger partial charge is 0.494 e. The van der Waals surface area contributed by atoms with Crippen molar-refractivity contribution in [2.75, 3.05) is 65.4 Å². The number of nitrogens with zero attached hydrogens (tertiary/aromatic N) is 4. The van der Waals surface area contributed by atoms with E-state index in [0.717, 1.165) is 79.7 Å². The van der Waals surface area contributed by atoms with Gasteiger partial charge in [-0.25, -0.2) is 4.39 Å². The normalized spacial score (nSPS) is 15.0. The van der Waals surface area contributed by atoms with Crippen LogP contribution >= 0.6 is 0 Å². The highest BCUT2D eigenvalue weighted by Gasteiger charge is 2.24. The Morgan fingerprint density at radius 1 is 0.929 bits per heavy atom. The second-order valence-corrected chi connectivity index (χ2v) is 11.2. The van der Waals surface area contributed by atoms with Gasteiger partial charge in [-0.1, -0.05) is 31.2 Å². The van der Waals surface area contributed by atoms with Crippen LogP contribution in [-0.2, 0) is 6.54 Å². The molecule has 1 aliphatic heterocycles. The minimum atomic E-state index is -0.212. The fraction of sp³-hybridized carbons (Fsp3) is 0.412. The van der Waals surface area contributed by atoms with Crippen LogP contribution < -0.4 is 14.4 Å². The fourth-order valence-corrected chi connectivity index (χ4v) is 6.15. The van der Waals surface area contributed by atoms with Crippen molar-refractivity contribution >= 4 is 16.5 Å². The predicted octanol–water partition coefficient (Wildman–Crippen LogP) is 6.15. The molecular weight excluding hydrogens is 531 g/mol. The minimum Gasteiger partial charge on any atom is -0.494 e. The molecule has 2 heterocycles. The molecule has 224 valence electrons. The zero-order valence-corrected chi connectivity index (χ0v) is 25.2. The lowest BCUT2D eigenvalue weighted by molar-refractivity contribution is 0.271. The predicted molar refractivity (Wildman–Crippen MR) is 168 cm³/mol. The van der Waals surface area contributed by atoms with E-state index in [1.165, 1.54) is 6.07 Å². The van der Waals surface area contributed by atoms with Gasteiger partial charge < -0.3 is 33.8 Å². The Bertz CT molecular complexity index is 1480. The van der Waals surface area contributed by atoms with E-state index in [1.54, 1.807) is 26.4 Å². The summed E-state index contributed by atoms with van der Waals surface area (Å²) in [4.78, 5) is 7.11. The van der Waals surface area contributed by atoms with Gasteiger partial charge in [-0.05, 0) is 80.5 Å². The van der Waals surface area contributed by atoms with E-state index in [4.69, 9.17) is 9.47 Å². The van der Waals surface area contributed by atoms with E-state index in [1.807, 2.05) is 34.9 Å². The molecule has 3 aromatic carbocycles. The van der Waals surface area contributed by atoms with Crippen LogP contribution in [-0.4, -0.2) is 80.0 Å². The monoisotopic (exact) mass is 574 g/mol. The number of halogens is 1. The van der Waals surface area contributed by atoms with Crippen molar-refractivity contribution in [3.63, 3.8) is 0 Å². The number of ether oxygens (including phenoxy) is 2. The molecule has 7 nitrogen and oxygen atoms in total. The lowest BCUT2D eigenvalue weighted by atomic mass is 10.0. The average molecular weight is 575 g/mol. The third-order valence-corrected chi connectivity index (χ3v) is 8.48. The quantitative estimate of drug-likeness (QED) is 0.219. The summed E-state index contributed by atoms with van der Waals surface area (Å²) >= 11 is 0. The van der Waals surface area contributed by atoms with Gasteiger partial charge >= 0.3 is 0 Å². The SMILES string of the molecule is CCN1CCN(c2cccc3c(O)n([C@H](CCCN(C)Cc4cccc(F)c4)c4ccc(OC)c(OC)c4)cc23)CC1. The zero-order chi connectivity index (χ0) is 29.6. The van der Waals surface area contributed by atoms with E-state index >= 15 is 0 Å². The summed E-state index contributed by atoms with van der Waals surface area (Å²) in [7, 11) is 5.34. The molecule has 0 radical (unpaired) electrons. The molecule has 1 fully saturated rings. The van der Waals surface area contributed by atoms with E-state index in [9.17, 15) is 9.50 Å². The number of aromatic nitrogens is 1. The summed E-state index contributed by atoms with van der Waals surface area (Å²) in [5.74, 6) is 1.39. The second-order valence-electron chi connectivity index (χ2n) is 11.2. The number of likely N-dealkylation sites (N-methyl/N-ethyl adjacent to an activating group) is 1. The highest BCUT2D eigenvalue weighted by Crippen LogP contribution is 2.40. The minimum absolute atomic E-state index is 0.121. The Labute approximate surface area is 248 Å². The summed E-state index contributed by atoms with van der Waals surface area (Å²) in [6.07, 6.45) is 3.79. The smallest absolute Gasteiger partial charge is 0.199 e. The van der Waals surface area contributed by atoms with Crippen molar-refractivity contribution in [3.8, 4) is 17.4 Å². The van der Waals surface area contributed by atoms with Crippen molar-refractivity contribution < 1.29 is 19.0 Å². The number of aromatic hydroxyl groups is 1. The molecular formula is C34H43FN4O3. The van der Waals surface area contributed by atoms with E-state index in [-0.39, 0.29) is 17.7 Å². The Kier molecular flexibility index (Phi) is 9.55. The number of methoxy groups -OCH3 is 2. The van der Waals surface area contributed by atoms with Crippen LogP contribution in [0.4, 0.5) is 10.1 Å². The molecule has 1 aromatic heterocycles. The van der Waals surface area contributed by atoms with E-state index in [2.05, 4.69) is 47.0 Å². The molecule has 5 rings (SSSR count). The topological polar surface area (TPSA) is 53.3 Å². The first-order valence-corrected chi connectivity index (χ1v) is 14.9. The molecule has 0 amide bonds. The van der Waals surface area contributed by atoms with Gasteiger partial charge in [0.05, 0.1) is 20.3 Å². The maximum absolute atomic E-state index is 13.7. The van der Waals surface area contributed by atoms with Crippen LogP contribution in [0.2, 0.25) is 0 Å². The van der Waals surface area contributed by atoms with Crippen LogP contribution in [0.3, 0.4) is 0 Å². The third kappa shape index (κ3) is 6.50. The van der Waals surface area contributed by atoms with Gasteiger partial charge in [0.2, 0.25) is 0 Å². The molecule has 0 spiro atoms.